The van der Waals surface area contributed by atoms with E-state index in [-0.39, 0.29) is 0 Å². The summed E-state index contributed by atoms with van der Waals surface area (Å²) in [6, 6.07) is 12.6. The van der Waals surface area contributed by atoms with Crippen LogP contribution in [0, 0.1) is 12.8 Å². The van der Waals surface area contributed by atoms with E-state index in [1.54, 1.807) is 7.11 Å². The van der Waals surface area contributed by atoms with Gasteiger partial charge in [0.15, 0.2) is 23.0 Å². The maximum absolute atomic E-state index is 6.32. The van der Waals surface area contributed by atoms with Gasteiger partial charge in [-0.3, -0.25) is 0 Å². The molecule has 5 rings (SSSR count). The molecule has 3 aromatic rings. The molecule has 1 N–H and O–H groups in total. The van der Waals surface area contributed by atoms with Gasteiger partial charge in [0.2, 0.25) is 0 Å². The predicted molar refractivity (Wildman–Crippen MR) is 122 cm³/mol. The molecule has 2 atom stereocenters. The zero-order valence-electron chi connectivity index (χ0n) is 18.5. The molecule has 0 spiro atoms. The third-order valence-corrected chi connectivity index (χ3v) is 6.75. The summed E-state index contributed by atoms with van der Waals surface area (Å²) < 4.78 is 17.9. The molecule has 1 aliphatic carbocycles. The number of nitrogens with one attached hydrogen (secondary N) is 1. The van der Waals surface area contributed by atoms with Crippen molar-refractivity contribution in [3.05, 3.63) is 53.4 Å². The highest BCUT2D eigenvalue weighted by Gasteiger charge is 2.26. The third kappa shape index (κ3) is 4.57. The van der Waals surface area contributed by atoms with Crippen LogP contribution in [0.2, 0.25) is 0 Å². The van der Waals surface area contributed by atoms with Gasteiger partial charge >= 0.3 is 0 Å². The molecular weight excluding hydrogens is 388 g/mol. The Labute approximate surface area is 184 Å². The molecule has 164 valence electrons. The summed E-state index contributed by atoms with van der Waals surface area (Å²) in [5.74, 6) is 3.51. The van der Waals surface area contributed by atoms with E-state index in [4.69, 9.17) is 18.9 Å². The van der Waals surface area contributed by atoms with Crippen LogP contribution >= 0.6 is 0 Å². The highest BCUT2D eigenvalue weighted by Crippen LogP contribution is 2.37. The lowest BCUT2D eigenvalue weighted by molar-refractivity contribution is 0.200. The Morgan fingerprint density at radius 3 is 2.77 bits per heavy atom. The van der Waals surface area contributed by atoms with Crippen molar-refractivity contribution in [1.82, 2.24) is 10.3 Å². The SMILES string of the molecule is COc1ccc([C@H]2CNC[C@@H](Cc3nc4cc(C)ccc4o3)C2)cc1OC1CCCC1. The van der Waals surface area contributed by atoms with Crippen LogP contribution in [0.1, 0.15) is 55.0 Å². The molecule has 2 fully saturated rings. The van der Waals surface area contributed by atoms with E-state index >= 15 is 0 Å². The number of ether oxygens (including phenoxy) is 2. The molecule has 1 aliphatic heterocycles. The Morgan fingerprint density at radius 2 is 1.94 bits per heavy atom. The molecule has 5 heteroatoms. The molecule has 0 unspecified atom stereocenters. The van der Waals surface area contributed by atoms with Gasteiger partial charge in [-0.15, -0.1) is 0 Å². The lowest BCUT2D eigenvalue weighted by Gasteiger charge is -2.30. The molecule has 5 nitrogen and oxygen atoms in total. The number of methoxy groups -OCH3 is 1. The van der Waals surface area contributed by atoms with Crippen molar-refractivity contribution in [2.24, 2.45) is 5.92 Å². The molecule has 1 saturated carbocycles. The predicted octanol–water partition coefficient (Wildman–Crippen LogP) is 5.40. The summed E-state index contributed by atoms with van der Waals surface area (Å²) >= 11 is 0. The van der Waals surface area contributed by atoms with Crippen LogP contribution in [0.25, 0.3) is 11.1 Å². The standard InChI is InChI=1S/C26H32N2O3/c1-17-7-9-23-22(11-17)28-26(31-23)13-18-12-20(16-27-15-18)19-8-10-24(29-2)25(14-19)30-21-5-3-4-6-21/h7-11,14,18,20-21,27H,3-6,12-13,15-16H2,1-2H3/t18-,20-/m1/s1. The number of oxazole rings is 1. The van der Waals surface area contributed by atoms with E-state index in [2.05, 4.69) is 42.6 Å². The molecular formula is C26H32N2O3. The summed E-state index contributed by atoms with van der Waals surface area (Å²) in [6.45, 7) is 4.07. The van der Waals surface area contributed by atoms with Crippen LogP contribution in [0.4, 0.5) is 0 Å². The first-order chi connectivity index (χ1) is 15.2. The quantitative estimate of drug-likeness (QED) is 0.578. The van der Waals surface area contributed by atoms with Crippen molar-refractivity contribution in [2.45, 2.75) is 57.5 Å². The summed E-state index contributed by atoms with van der Waals surface area (Å²) in [5.41, 5.74) is 4.37. The highest BCUT2D eigenvalue weighted by atomic mass is 16.5. The number of hydrogen-bond acceptors (Lipinski definition) is 5. The lowest BCUT2D eigenvalue weighted by Crippen LogP contribution is -2.36. The van der Waals surface area contributed by atoms with Crippen molar-refractivity contribution in [1.29, 1.82) is 0 Å². The topological polar surface area (TPSA) is 56.5 Å². The van der Waals surface area contributed by atoms with Gasteiger partial charge in [0, 0.05) is 13.0 Å². The van der Waals surface area contributed by atoms with Crippen LogP contribution in [-0.2, 0) is 6.42 Å². The van der Waals surface area contributed by atoms with E-state index in [9.17, 15) is 0 Å². The molecule has 0 bridgehead atoms. The smallest absolute Gasteiger partial charge is 0.195 e. The minimum absolute atomic E-state index is 0.323. The second-order valence-electron chi connectivity index (χ2n) is 9.17. The van der Waals surface area contributed by atoms with Gasteiger partial charge in [0.1, 0.15) is 5.52 Å². The van der Waals surface area contributed by atoms with Crippen LogP contribution in [0.15, 0.2) is 40.8 Å². The molecule has 0 amide bonds. The molecule has 31 heavy (non-hydrogen) atoms. The lowest BCUT2D eigenvalue weighted by atomic mass is 9.84. The monoisotopic (exact) mass is 420 g/mol. The third-order valence-electron chi connectivity index (χ3n) is 6.75. The number of hydrogen-bond donors (Lipinski definition) is 1. The van der Waals surface area contributed by atoms with Gasteiger partial charge in [-0.2, -0.15) is 0 Å². The number of rotatable bonds is 6. The maximum Gasteiger partial charge on any atom is 0.195 e. The first kappa shape index (κ1) is 20.4. The van der Waals surface area contributed by atoms with E-state index in [0.29, 0.717) is 17.9 Å². The van der Waals surface area contributed by atoms with Crippen LogP contribution < -0.4 is 14.8 Å². The first-order valence-corrected chi connectivity index (χ1v) is 11.6. The Morgan fingerprint density at radius 1 is 1.06 bits per heavy atom. The number of benzene rings is 2. The summed E-state index contributed by atoms with van der Waals surface area (Å²) in [7, 11) is 1.72. The van der Waals surface area contributed by atoms with E-state index < -0.39 is 0 Å². The first-order valence-electron chi connectivity index (χ1n) is 11.6. The van der Waals surface area contributed by atoms with Crippen LogP contribution in [-0.4, -0.2) is 31.3 Å². The Bertz CT molecular complexity index is 1040. The fraction of sp³-hybridized carbons (Fsp3) is 0.500. The number of aryl methyl sites for hydroxylation is 1. The zero-order chi connectivity index (χ0) is 21.2. The fourth-order valence-electron chi connectivity index (χ4n) is 5.08. The number of fused-ring (bicyclic) bond motifs is 1. The normalized spacial score (nSPS) is 22.1. The molecule has 1 aromatic heterocycles. The van der Waals surface area contributed by atoms with Crippen LogP contribution in [0.5, 0.6) is 11.5 Å². The Kier molecular flexibility index (Phi) is 5.86. The molecule has 0 radical (unpaired) electrons. The van der Waals surface area contributed by atoms with Gasteiger partial charge in [-0.25, -0.2) is 4.98 Å². The van der Waals surface area contributed by atoms with Gasteiger partial charge in [-0.1, -0.05) is 12.1 Å². The van der Waals surface area contributed by atoms with Crippen molar-refractivity contribution >= 4 is 11.1 Å². The van der Waals surface area contributed by atoms with Crippen molar-refractivity contribution in [3.8, 4) is 11.5 Å². The van der Waals surface area contributed by atoms with Crippen molar-refractivity contribution in [3.63, 3.8) is 0 Å². The van der Waals surface area contributed by atoms with E-state index in [1.807, 2.05) is 6.07 Å². The average Bonchev–Trinajstić information content (AvgIpc) is 3.43. The van der Waals surface area contributed by atoms with E-state index in [1.165, 1.54) is 24.0 Å². The van der Waals surface area contributed by atoms with E-state index in [0.717, 1.165) is 67.3 Å². The largest absolute Gasteiger partial charge is 0.493 e. The average molecular weight is 421 g/mol. The number of piperidine rings is 1. The van der Waals surface area contributed by atoms with Crippen LogP contribution in [0.3, 0.4) is 0 Å². The van der Waals surface area contributed by atoms with Crippen molar-refractivity contribution in [2.75, 3.05) is 20.2 Å². The summed E-state index contributed by atoms with van der Waals surface area (Å²) in [5, 5.41) is 3.63. The summed E-state index contributed by atoms with van der Waals surface area (Å²) in [4.78, 5) is 4.73. The van der Waals surface area contributed by atoms with Gasteiger partial charge < -0.3 is 19.2 Å². The fourth-order valence-corrected chi connectivity index (χ4v) is 5.08. The second-order valence-corrected chi connectivity index (χ2v) is 9.17. The number of aromatic nitrogens is 1. The second kappa shape index (κ2) is 8.91. The maximum atomic E-state index is 6.32. The molecule has 1 saturated heterocycles. The van der Waals surface area contributed by atoms with Gasteiger partial charge in [0.05, 0.1) is 13.2 Å². The Hall–Kier alpha value is -2.53. The minimum atomic E-state index is 0.323. The Balaban J connectivity index is 1.30. The summed E-state index contributed by atoms with van der Waals surface area (Å²) in [6.07, 6.45) is 7.10. The molecule has 2 aromatic carbocycles. The molecule has 2 aliphatic rings. The zero-order valence-corrected chi connectivity index (χ0v) is 18.5. The van der Waals surface area contributed by atoms with Gasteiger partial charge in [0.25, 0.3) is 0 Å². The number of nitrogens with zero attached hydrogens (tertiary/aromatic N) is 1. The van der Waals surface area contributed by atoms with Crippen molar-refractivity contribution < 1.29 is 13.9 Å². The van der Waals surface area contributed by atoms with Gasteiger partial charge in [-0.05, 0) is 92.8 Å². The highest BCUT2D eigenvalue weighted by molar-refractivity contribution is 5.73. The minimum Gasteiger partial charge on any atom is -0.493 e. The molecule has 2 heterocycles.